The van der Waals surface area contributed by atoms with Gasteiger partial charge in [0, 0.05) is 11.6 Å². The molecule has 0 aliphatic rings. The molecule has 0 saturated heterocycles. The molecule has 1 heteroatoms. The summed E-state index contributed by atoms with van der Waals surface area (Å²) in [6.07, 6.45) is 10.8. The van der Waals surface area contributed by atoms with Gasteiger partial charge in [-0.15, -0.1) is 13.2 Å². The molecule has 0 saturated carbocycles. The molecule has 0 amide bonds. The first-order valence-electron chi connectivity index (χ1n) is 7.09. The molecule has 1 nitrogen and oxygen atoms in total. The first kappa shape index (κ1) is 17.5. The Morgan fingerprint density at radius 3 is 2.00 bits per heavy atom. The minimum atomic E-state index is 0.238. The van der Waals surface area contributed by atoms with Crippen molar-refractivity contribution in [3.05, 3.63) is 60.9 Å². The van der Waals surface area contributed by atoms with Crippen LogP contribution in [0.25, 0.3) is 0 Å². The van der Waals surface area contributed by atoms with Gasteiger partial charge >= 0.3 is 0 Å². The molecule has 0 aromatic heterocycles. The summed E-state index contributed by atoms with van der Waals surface area (Å²) in [7, 11) is 0. The summed E-state index contributed by atoms with van der Waals surface area (Å²) in [5.41, 5.74) is 9.64. The molecule has 0 aliphatic carbocycles. The summed E-state index contributed by atoms with van der Waals surface area (Å²) in [5.74, 6) is 0.554. The monoisotopic (exact) mass is 259 g/mol. The fourth-order valence-electron chi connectivity index (χ4n) is 2.29. The number of allylic oxidation sites excluding steroid dienone is 6. The number of nitrogens with two attached hydrogens (primary N) is 1. The molecular formula is C18H29N. The molecule has 0 radical (unpaired) electrons. The third-order valence-electron chi connectivity index (χ3n) is 3.49. The second-order valence-corrected chi connectivity index (χ2v) is 4.82. The Hall–Kier alpha value is -1.50. The summed E-state index contributed by atoms with van der Waals surface area (Å²) in [5, 5.41) is 0. The Bertz CT molecular complexity index is 371. The third-order valence-corrected chi connectivity index (χ3v) is 3.49. The largest absolute Gasteiger partial charge is 0.402 e. The molecule has 0 aliphatic heterocycles. The first-order valence-corrected chi connectivity index (χ1v) is 7.09. The van der Waals surface area contributed by atoms with Crippen molar-refractivity contribution in [1.82, 2.24) is 0 Å². The van der Waals surface area contributed by atoms with E-state index in [-0.39, 0.29) is 5.92 Å². The average Bonchev–Trinajstić information content (AvgIpc) is 2.40. The van der Waals surface area contributed by atoms with Crippen molar-refractivity contribution in [2.24, 2.45) is 17.6 Å². The molecular weight excluding hydrogens is 230 g/mol. The van der Waals surface area contributed by atoms with Crippen LogP contribution in [0, 0.1) is 11.8 Å². The van der Waals surface area contributed by atoms with Gasteiger partial charge in [0.05, 0.1) is 0 Å². The normalized spacial score (nSPS) is 15.7. The van der Waals surface area contributed by atoms with E-state index in [0.29, 0.717) is 5.92 Å². The summed E-state index contributed by atoms with van der Waals surface area (Å²) in [4.78, 5) is 0. The van der Waals surface area contributed by atoms with Crippen molar-refractivity contribution in [2.75, 3.05) is 0 Å². The van der Waals surface area contributed by atoms with Crippen molar-refractivity contribution in [2.45, 2.75) is 40.0 Å². The van der Waals surface area contributed by atoms with Crippen LogP contribution in [0.1, 0.15) is 40.0 Å². The van der Waals surface area contributed by atoms with Crippen LogP contribution in [-0.2, 0) is 0 Å². The highest BCUT2D eigenvalue weighted by atomic mass is 14.6. The van der Waals surface area contributed by atoms with Gasteiger partial charge in [-0.25, -0.2) is 0 Å². The van der Waals surface area contributed by atoms with Gasteiger partial charge in [0.2, 0.25) is 0 Å². The van der Waals surface area contributed by atoms with Crippen LogP contribution < -0.4 is 5.73 Å². The van der Waals surface area contributed by atoms with Crippen LogP contribution in [0.15, 0.2) is 60.9 Å². The Morgan fingerprint density at radius 2 is 1.63 bits per heavy atom. The molecule has 19 heavy (non-hydrogen) atoms. The lowest BCUT2D eigenvalue weighted by atomic mass is 9.85. The first-order chi connectivity index (χ1) is 9.05. The highest BCUT2D eigenvalue weighted by Crippen LogP contribution is 2.29. The Kier molecular flexibility index (Phi) is 8.69. The molecule has 0 rings (SSSR count). The maximum atomic E-state index is 6.38. The molecule has 0 aromatic rings. The van der Waals surface area contributed by atoms with Gasteiger partial charge in [-0.1, -0.05) is 50.3 Å². The van der Waals surface area contributed by atoms with Gasteiger partial charge in [0.25, 0.3) is 0 Å². The van der Waals surface area contributed by atoms with E-state index in [0.717, 1.165) is 30.5 Å². The standard InChI is InChI=1S/C18H29N/c1-7-12-14(6)13-17(15(8-2)9-3)18(19)16(10-4)11-5/h7-8,10,12,15-16H,2,4,6,9,11,13,19H2,1,3,5H3/b12-7-,18-17+. The minimum Gasteiger partial charge on any atom is -0.402 e. The van der Waals surface area contributed by atoms with E-state index < -0.39 is 0 Å². The highest BCUT2D eigenvalue weighted by Gasteiger charge is 2.17. The molecule has 0 bridgehead atoms. The van der Waals surface area contributed by atoms with Crippen LogP contribution in [0.2, 0.25) is 0 Å². The van der Waals surface area contributed by atoms with Crippen molar-refractivity contribution in [3.8, 4) is 0 Å². The zero-order valence-electron chi connectivity index (χ0n) is 12.8. The lowest BCUT2D eigenvalue weighted by Crippen LogP contribution is -2.16. The zero-order chi connectivity index (χ0) is 14.8. The maximum Gasteiger partial charge on any atom is 0.0159 e. The Labute approximate surface area is 119 Å². The molecule has 0 spiro atoms. The predicted octanol–water partition coefficient (Wildman–Crippen LogP) is 5.15. The maximum absolute atomic E-state index is 6.38. The van der Waals surface area contributed by atoms with Crippen LogP contribution in [0.3, 0.4) is 0 Å². The number of rotatable bonds is 9. The summed E-state index contributed by atoms with van der Waals surface area (Å²) in [6.45, 7) is 18.2. The van der Waals surface area contributed by atoms with Gasteiger partial charge in [0.15, 0.2) is 0 Å². The van der Waals surface area contributed by atoms with Crippen molar-refractivity contribution >= 4 is 0 Å². The number of hydrogen-bond donors (Lipinski definition) is 1. The van der Waals surface area contributed by atoms with Gasteiger partial charge < -0.3 is 5.73 Å². The molecule has 2 N–H and O–H groups in total. The third kappa shape index (κ3) is 5.34. The van der Waals surface area contributed by atoms with Crippen LogP contribution >= 0.6 is 0 Å². The van der Waals surface area contributed by atoms with E-state index >= 15 is 0 Å². The van der Waals surface area contributed by atoms with E-state index in [4.69, 9.17) is 5.73 Å². The van der Waals surface area contributed by atoms with Crippen LogP contribution in [-0.4, -0.2) is 0 Å². The lowest BCUT2D eigenvalue weighted by Gasteiger charge is -2.22. The highest BCUT2D eigenvalue weighted by molar-refractivity contribution is 5.30. The quantitative estimate of drug-likeness (QED) is 0.450. The number of hydrogen-bond acceptors (Lipinski definition) is 1. The van der Waals surface area contributed by atoms with E-state index in [9.17, 15) is 0 Å². The van der Waals surface area contributed by atoms with E-state index in [1.807, 2.05) is 31.2 Å². The predicted molar refractivity (Wildman–Crippen MR) is 87.7 cm³/mol. The fourth-order valence-corrected chi connectivity index (χ4v) is 2.29. The van der Waals surface area contributed by atoms with Crippen LogP contribution in [0.4, 0.5) is 0 Å². The van der Waals surface area contributed by atoms with Crippen molar-refractivity contribution in [1.29, 1.82) is 0 Å². The van der Waals surface area contributed by atoms with E-state index in [1.54, 1.807) is 0 Å². The second kappa shape index (κ2) is 9.43. The average molecular weight is 259 g/mol. The van der Waals surface area contributed by atoms with Crippen molar-refractivity contribution in [3.63, 3.8) is 0 Å². The molecule has 0 fully saturated rings. The van der Waals surface area contributed by atoms with E-state index in [1.165, 1.54) is 5.57 Å². The Morgan fingerprint density at radius 1 is 1.11 bits per heavy atom. The van der Waals surface area contributed by atoms with E-state index in [2.05, 4.69) is 33.6 Å². The summed E-state index contributed by atoms with van der Waals surface area (Å²) < 4.78 is 0. The molecule has 2 unspecified atom stereocenters. The second-order valence-electron chi connectivity index (χ2n) is 4.82. The van der Waals surface area contributed by atoms with Gasteiger partial charge in [0.1, 0.15) is 0 Å². The zero-order valence-corrected chi connectivity index (χ0v) is 12.8. The SMILES string of the molecule is C=CC(CC)/C(N)=C(/CC(=C)/C=C\C)C(C=C)CC. The smallest absolute Gasteiger partial charge is 0.0159 e. The molecule has 0 heterocycles. The molecule has 0 aromatic carbocycles. The van der Waals surface area contributed by atoms with Gasteiger partial charge in [-0.2, -0.15) is 0 Å². The Balaban J connectivity index is 5.47. The molecule has 106 valence electrons. The summed E-state index contributed by atoms with van der Waals surface area (Å²) in [6, 6.07) is 0. The minimum absolute atomic E-state index is 0.238. The lowest BCUT2D eigenvalue weighted by molar-refractivity contribution is 0.643. The van der Waals surface area contributed by atoms with Gasteiger partial charge in [-0.3, -0.25) is 0 Å². The fraction of sp³-hybridized carbons (Fsp3) is 0.444. The van der Waals surface area contributed by atoms with Crippen molar-refractivity contribution < 1.29 is 0 Å². The van der Waals surface area contributed by atoms with Gasteiger partial charge in [-0.05, 0) is 37.7 Å². The molecule has 2 atom stereocenters. The topological polar surface area (TPSA) is 26.0 Å². The summed E-state index contributed by atoms with van der Waals surface area (Å²) >= 11 is 0. The van der Waals surface area contributed by atoms with Crippen LogP contribution in [0.5, 0.6) is 0 Å².